The standard InChI is InChI=1S/C28H33ClF3N7O4S/c1-44(41,42)35-23-5-2-4-22(29)26(23)37-16-14-36(15-17-37)11-3-12-39-24-10-13-38(43-27(33)40)18-21(24)25(34-39)19-6-8-20(9-7-19)28(30,31)32/h2,4-9,35H,3,10-18H2,1H3,(H2,33,40). The van der Waals surface area contributed by atoms with Gasteiger partial charge in [0.2, 0.25) is 10.0 Å². The van der Waals surface area contributed by atoms with E-state index in [9.17, 15) is 26.4 Å². The number of piperazine rings is 1. The summed E-state index contributed by atoms with van der Waals surface area (Å²) in [5.41, 5.74) is 8.36. The number of aryl methyl sites for hydroxylation is 1. The normalized spacial score (nSPS) is 16.5. The second-order valence-electron chi connectivity index (χ2n) is 10.8. The van der Waals surface area contributed by atoms with Crippen molar-refractivity contribution in [2.24, 2.45) is 5.73 Å². The fraction of sp³-hybridized carbons (Fsp3) is 0.429. The number of rotatable bonds is 9. The summed E-state index contributed by atoms with van der Waals surface area (Å²) in [5.74, 6) is 0. The van der Waals surface area contributed by atoms with Crippen LogP contribution in [0.5, 0.6) is 0 Å². The molecule has 0 bridgehead atoms. The molecule has 44 heavy (non-hydrogen) atoms. The Hall–Kier alpha value is -3.53. The van der Waals surface area contributed by atoms with Crippen molar-refractivity contribution >= 4 is 39.1 Å². The number of sulfonamides is 1. The number of nitrogens with one attached hydrogen (secondary N) is 1. The van der Waals surface area contributed by atoms with E-state index < -0.39 is 27.9 Å². The number of hydrogen-bond acceptors (Lipinski definition) is 8. The first-order valence-corrected chi connectivity index (χ1v) is 16.3. The molecule has 3 heterocycles. The maximum atomic E-state index is 13.1. The molecule has 0 radical (unpaired) electrons. The molecule has 2 aliphatic rings. The highest BCUT2D eigenvalue weighted by molar-refractivity contribution is 7.92. The topological polar surface area (TPSA) is 126 Å². The number of para-hydroxylation sites is 1. The van der Waals surface area contributed by atoms with Crippen molar-refractivity contribution in [1.82, 2.24) is 19.7 Å². The second-order valence-corrected chi connectivity index (χ2v) is 12.9. The third-order valence-corrected chi connectivity index (χ3v) is 8.51. The van der Waals surface area contributed by atoms with Crippen LogP contribution in [0.2, 0.25) is 5.02 Å². The zero-order valence-corrected chi connectivity index (χ0v) is 25.6. The monoisotopic (exact) mass is 655 g/mol. The van der Waals surface area contributed by atoms with Crippen molar-refractivity contribution in [2.45, 2.75) is 32.1 Å². The molecule has 3 aromatic rings. The summed E-state index contributed by atoms with van der Waals surface area (Å²) in [6.07, 6.45) is -2.98. The quantitative estimate of drug-likeness (QED) is 0.352. The largest absolute Gasteiger partial charge is 0.423 e. The molecular weight excluding hydrogens is 623 g/mol. The number of hydrogen-bond donors (Lipinski definition) is 2. The summed E-state index contributed by atoms with van der Waals surface area (Å²) in [6, 6.07) is 10.00. The van der Waals surface area contributed by atoms with Crippen LogP contribution in [0.25, 0.3) is 11.3 Å². The van der Waals surface area contributed by atoms with Gasteiger partial charge in [0.05, 0.1) is 40.5 Å². The number of anilines is 2. The zero-order chi connectivity index (χ0) is 31.6. The Morgan fingerprint density at radius 2 is 1.77 bits per heavy atom. The van der Waals surface area contributed by atoms with E-state index in [4.69, 9.17) is 27.3 Å². The van der Waals surface area contributed by atoms with Gasteiger partial charge in [0.15, 0.2) is 0 Å². The number of benzene rings is 2. The predicted octanol–water partition coefficient (Wildman–Crippen LogP) is 4.17. The summed E-state index contributed by atoms with van der Waals surface area (Å²) >= 11 is 6.46. The highest BCUT2D eigenvalue weighted by Gasteiger charge is 2.31. The van der Waals surface area contributed by atoms with E-state index in [0.717, 1.165) is 55.7 Å². The fourth-order valence-electron chi connectivity index (χ4n) is 5.66. The number of halogens is 4. The van der Waals surface area contributed by atoms with Crippen LogP contribution in [0, 0.1) is 0 Å². The molecule has 16 heteroatoms. The Morgan fingerprint density at radius 3 is 2.41 bits per heavy atom. The van der Waals surface area contributed by atoms with Crippen LogP contribution in [0.3, 0.4) is 0 Å². The van der Waals surface area contributed by atoms with Gasteiger partial charge in [-0.15, -0.1) is 5.06 Å². The third-order valence-electron chi connectivity index (χ3n) is 7.62. The lowest BCUT2D eigenvalue weighted by molar-refractivity contribution is -0.137. The van der Waals surface area contributed by atoms with Crippen LogP contribution >= 0.6 is 11.6 Å². The van der Waals surface area contributed by atoms with Gasteiger partial charge in [-0.25, -0.2) is 13.2 Å². The smallest absolute Gasteiger partial charge is 0.366 e. The molecule has 1 saturated heterocycles. The first-order valence-electron chi connectivity index (χ1n) is 14.0. The summed E-state index contributed by atoms with van der Waals surface area (Å²) in [6.45, 7) is 4.82. The Labute approximate surface area is 258 Å². The number of primary amides is 1. The molecule has 0 saturated carbocycles. The maximum Gasteiger partial charge on any atom is 0.423 e. The molecule has 0 atom stereocenters. The molecule has 0 aliphatic carbocycles. The number of carbonyl (C=O) groups is 1. The van der Waals surface area contributed by atoms with E-state index in [0.29, 0.717) is 60.3 Å². The highest BCUT2D eigenvalue weighted by atomic mass is 35.5. The van der Waals surface area contributed by atoms with E-state index in [1.54, 1.807) is 18.2 Å². The molecule has 2 aromatic carbocycles. The number of amides is 1. The summed E-state index contributed by atoms with van der Waals surface area (Å²) in [5, 5.41) is 6.69. The molecule has 0 unspecified atom stereocenters. The van der Waals surface area contributed by atoms with Crippen LogP contribution in [-0.2, 0) is 40.5 Å². The van der Waals surface area contributed by atoms with Crippen LogP contribution in [0.15, 0.2) is 42.5 Å². The van der Waals surface area contributed by atoms with Gasteiger partial charge in [-0.1, -0.05) is 29.8 Å². The van der Waals surface area contributed by atoms with E-state index in [-0.39, 0.29) is 6.54 Å². The Bertz CT molecular complexity index is 1610. The van der Waals surface area contributed by atoms with Gasteiger partial charge in [0.25, 0.3) is 0 Å². The van der Waals surface area contributed by atoms with E-state index in [1.165, 1.54) is 17.2 Å². The number of hydroxylamine groups is 2. The average molecular weight is 656 g/mol. The third kappa shape index (κ3) is 7.57. The second kappa shape index (κ2) is 12.8. The highest BCUT2D eigenvalue weighted by Crippen LogP contribution is 2.36. The fourth-order valence-corrected chi connectivity index (χ4v) is 6.52. The number of fused-ring (bicyclic) bond motifs is 1. The average Bonchev–Trinajstić information content (AvgIpc) is 3.30. The Balaban J connectivity index is 1.25. The molecule has 1 aromatic heterocycles. The van der Waals surface area contributed by atoms with Crippen molar-refractivity contribution in [1.29, 1.82) is 0 Å². The van der Waals surface area contributed by atoms with Gasteiger partial charge < -0.3 is 15.5 Å². The van der Waals surface area contributed by atoms with Gasteiger partial charge >= 0.3 is 12.3 Å². The van der Waals surface area contributed by atoms with E-state index in [2.05, 4.69) is 14.5 Å². The minimum atomic E-state index is -4.45. The summed E-state index contributed by atoms with van der Waals surface area (Å²) in [7, 11) is -3.47. The Morgan fingerprint density at radius 1 is 1.07 bits per heavy atom. The van der Waals surface area contributed by atoms with Gasteiger partial charge in [0.1, 0.15) is 0 Å². The summed E-state index contributed by atoms with van der Waals surface area (Å²) < 4.78 is 67.6. The number of aromatic nitrogens is 2. The maximum absolute atomic E-state index is 13.1. The zero-order valence-electron chi connectivity index (χ0n) is 24.0. The lowest BCUT2D eigenvalue weighted by Gasteiger charge is -2.37. The van der Waals surface area contributed by atoms with E-state index in [1.807, 2.05) is 4.68 Å². The number of nitrogens with zero attached hydrogens (tertiary/aromatic N) is 5. The minimum absolute atomic E-state index is 0.217. The molecule has 3 N–H and O–H groups in total. The molecular formula is C28H33ClF3N7O4S. The van der Waals surface area contributed by atoms with Crippen LogP contribution in [0.1, 0.15) is 23.2 Å². The Kier molecular flexibility index (Phi) is 9.30. The molecule has 238 valence electrons. The lowest BCUT2D eigenvalue weighted by Crippen LogP contribution is -2.47. The number of nitrogens with two attached hydrogens (primary N) is 1. The van der Waals surface area contributed by atoms with Crippen molar-refractivity contribution < 1.29 is 31.2 Å². The molecule has 1 fully saturated rings. The van der Waals surface area contributed by atoms with Crippen molar-refractivity contribution in [2.75, 3.05) is 55.1 Å². The van der Waals surface area contributed by atoms with E-state index >= 15 is 0 Å². The van der Waals surface area contributed by atoms with Gasteiger partial charge in [-0.2, -0.15) is 18.3 Å². The summed E-state index contributed by atoms with van der Waals surface area (Å²) in [4.78, 5) is 20.8. The molecule has 5 rings (SSSR count). The number of alkyl halides is 3. The SMILES string of the molecule is CS(=O)(=O)Nc1cccc(Cl)c1N1CCN(CCCn2nc(-c3ccc(C(F)(F)F)cc3)c3c2CCN(OC(N)=O)C3)CC1. The molecule has 1 amide bonds. The van der Waals surface area contributed by atoms with Gasteiger partial charge in [-0.05, 0) is 30.7 Å². The van der Waals surface area contributed by atoms with Gasteiger partial charge in [0, 0.05) is 69.1 Å². The van der Waals surface area contributed by atoms with Crippen molar-refractivity contribution in [3.8, 4) is 11.3 Å². The van der Waals surface area contributed by atoms with Crippen molar-refractivity contribution in [3.63, 3.8) is 0 Å². The minimum Gasteiger partial charge on any atom is -0.366 e. The van der Waals surface area contributed by atoms with Gasteiger partial charge in [-0.3, -0.25) is 14.3 Å². The lowest BCUT2D eigenvalue weighted by atomic mass is 10.0. The first-order chi connectivity index (χ1) is 20.8. The van der Waals surface area contributed by atoms with Crippen LogP contribution in [-0.4, -0.2) is 79.8 Å². The van der Waals surface area contributed by atoms with Crippen LogP contribution in [0.4, 0.5) is 29.3 Å². The van der Waals surface area contributed by atoms with Crippen LogP contribution < -0.4 is 15.4 Å². The first kappa shape index (κ1) is 31.9. The van der Waals surface area contributed by atoms with Crippen molar-refractivity contribution in [3.05, 3.63) is 64.3 Å². The predicted molar refractivity (Wildman–Crippen MR) is 161 cm³/mol. The molecule has 2 aliphatic heterocycles. The number of carbonyl (C=O) groups excluding carboxylic acids is 1. The molecule has 0 spiro atoms. The molecule has 11 nitrogen and oxygen atoms in total.